The number of nitrogens with zero attached hydrogens (tertiary/aromatic N) is 2. The highest BCUT2D eigenvalue weighted by Crippen LogP contribution is 2.24. The second-order valence-corrected chi connectivity index (χ2v) is 5.07. The van der Waals surface area contributed by atoms with Crippen molar-refractivity contribution in [1.29, 1.82) is 0 Å². The van der Waals surface area contributed by atoms with Crippen LogP contribution in [0.4, 0.5) is 5.69 Å². The molecule has 0 amide bonds. The molecule has 2 rings (SSSR count). The average molecular weight is 261 g/mol. The number of nitrogens with one attached hydrogen (secondary N) is 1. The highest BCUT2D eigenvalue weighted by molar-refractivity contribution is 5.54. The van der Waals surface area contributed by atoms with Crippen LogP contribution in [0.5, 0.6) is 0 Å². The Morgan fingerprint density at radius 1 is 1.58 bits per heavy atom. The normalized spacial score (nSPS) is 14.4. The molecule has 1 aromatic rings. The minimum Gasteiger partial charge on any atom is -0.395 e. The molecule has 0 saturated heterocycles. The molecule has 2 N–H and O–H groups in total. The fourth-order valence-electron chi connectivity index (χ4n) is 2.13. The SMILES string of the molecule is C=CCN(CCO)c1cc(C)ncc1CNC1CC1. The minimum absolute atomic E-state index is 0.144. The van der Waals surface area contributed by atoms with Crippen LogP contribution in [0.15, 0.2) is 24.9 Å². The Balaban J connectivity index is 2.17. The summed E-state index contributed by atoms with van der Waals surface area (Å²) < 4.78 is 0. The van der Waals surface area contributed by atoms with Gasteiger partial charge in [0.1, 0.15) is 0 Å². The maximum Gasteiger partial charge on any atom is 0.0606 e. The maximum atomic E-state index is 9.21. The Kier molecular flexibility index (Phi) is 4.93. The van der Waals surface area contributed by atoms with E-state index in [1.807, 2.05) is 19.2 Å². The van der Waals surface area contributed by atoms with Crippen LogP contribution in [0.3, 0.4) is 0 Å². The molecule has 0 spiro atoms. The van der Waals surface area contributed by atoms with Crippen LogP contribution < -0.4 is 10.2 Å². The summed E-state index contributed by atoms with van der Waals surface area (Å²) in [7, 11) is 0. The van der Waals surface area contributed by atoms with Crippen molar-refractivity contribution in [2.75, 3.05) is 24.6 Å². The molecule has 1 aromatic heterocycles. The van der Waals surface area contributed by atoms with Crippen molar-refractivity contribution in [3.63, 3.8) is 0 Å². The topological polar surface area (TPSA) is 48.4 Å². The average Bonchev–Trinajstić information content (AvgIpc) is 3.21. The van der Waals surface area contributed by atoms with Crippen LogP contribution in [0.25, 0.3) is 0 Å². The van der Waals surface area contributed by atoms with Crippen LogP contribution in [0, 0.1) is 6.92 Å². The monoisotopic (exact) mass is 261 g/mol. The molecule has 0 atom stereocenters. The quantitative estimate of drug-likeness (QED) is 0.698. The van der Waals surface area contributed by atoms with Crippen LogP contribution in [0.2, 0.25) is 0 Å². The van der Waals surface area contributed by atoms with E-state index < -0.39 is 0 Å². The van der Waals surface area contributed by atoms with Gasteiger partial charge in [0.2, 0.25) is 0 Å². The van der Waals surface area contributed by atoms with E-state index in [-0.39, 0.29) is 6.61 Å². The number of aliphatic hydroxyl groups is 1. The molecule has 104 valence electrons. The zero-order valence-electron chi connectivity index (χ0n) is 11.6. The smallest absolute Gasteiger partial charge is 0.0606 e. The largest absolute Gasteiger partial charge is 0.395 e. The van der Waals surface area contributed by atoms with E-state index in [1.165, 1.54) is 18.4 Å². The zero-order valence-corrected chi connectivity index (χ0v) is 11.6. The first-order valence-corrected chi connectivity index (χ1v) is 6.90. The van der Waals surface area contributed by atoms with E-state index >= 15 is 0 Å². The summed E-state index contributed by atoms with van der Waals surface area (Å²) in [6, 6.07) is 2.77. The molecule has 0 unspecified atom stereocenters. The van der Waals surface area contributed by atoms with Crippen molar-refractivity contribution in [3.8, 4) is 0 Å². The summed E-state index contributed by atoms with van der Waals surface area (Å²) in [6.45, 7) is 8.12. The molecular formula is C15H23N3O. The first-order valence-electron chi connectivity index (χ1n) is 6.90. The first-order chi connectivity index (χ1) is 9.24. The second-order valence-electron chi connectivity index (χ2n) is 5.07. The van der Waals surface area contributed by atoms with Gasteiger partial charge in [-0.25, -0.2) is 0 Å². The number of hydrogen-bond acceptors (Lipinski definition) is 4. The van der Waals surface area contributed by atoms with Gasteiger partial charge in [-0.05, 0) is 25.8 Å². The fourth-order valence-corrected chi connectivity index (χ4v) is 2.13. The molecule has 0 aliphatic heterocycles. The fraction of sp³-hybridized carbons (Fsp3) is 0.533. The predicted octanol–water partition coefficient (Wildman–Crippen LogP) is 1.63. The number of pyridine rings is 1. The summed E-state index contributed by atoms with van der Waals surface area (Å²) in [5.41, 5.74) is 3.33. The van der Waals surface area contributed by atoms with Crippen molar-refractivity contribution >= 4 is 5.69 Å². The number of aromatic nitrogens is 1. The van der Waals surface area contributed by atoms with E-state index in [4.69, 9.17) is 0 Å². The first kappa shape index (κ1) is 14.0. The molecule has 1 saturated carbocycles. The molecule has 0 aromatic carbocycles. The molecule has 1 aliphatic carbocycles. The van der Waals surface area contributed by atoms with Crippen molar-refractivity contribution in [3.05, 3.63) is 36.2 Å². The molecule has 0 bridgehead atoms. The van der Waals surface area contributed by atoms with E-state index in [1.54, 1.807) is 0 Å². The third-order valence-corrected chi connectivity index (χ3v) is 3.32. The molecule has 1 fully saturated rings. The van der Waals surface area contributed by atoms with Crippen molar-refractivity contribution < 1.29 is 5.11 Å². The second kappa shape index (κ2) is 6.68. The molecule has 4 heteroatoms. The van der Waals surface area contributed by atoms with Gasteiger partial charge in [0.25, 0.3) is 0 Å². The molecule has 19 heavy (non-hydrogen) atoms. The van der Waals surface area contributed by atoms with E-state index in [0.29, 0.717) is 12.6 Å². The summed E-state index contributed by atoms with van der Waals surface area (Å²) >= 11 is 0. The molecule has 1 heterocycles. The van der Waals surface area contributed by atoms with Gasteiger partial charge in [0, 0.05) is 48.8 Å². The lowest BCUT2D eigenvalue weighted by Crippen LogP contribution is -2.29. The Hall–Kier alpha value is -1.39. The third-order valence-electron chi connectivity index (χ3n) is 3.32. The number of aryl methyl sites for hydroxylation is 1. The minimum atomic E-state index is 0.144. The Labute approximate surface area is 115 Å². The highest BCUT2D eigenvalue weighted by atomic mass is 16.3. The van der Waals surface area contributed by atoms with Gasteiger partial charge >= 0.3 is 0 Å². The number of anilines is 1. The lowest BCUT2D eigenvalue weighted by atomic mass is 10.1. The van der Waals surface area contributed by atoms with E-state index in [0.717, 1.165) is 24.5 Å². The van der Waals surface area contributed by atoms with Gasteiger partial charge in [0.05, 0.1) is 6.61 Å². The third kappa shape index (κ3) is 4.04. The standard InChI is InChI=1S/C15H23N3O/c1-3-6-18(7-8-19)15-9-12(2)16-10-13(15)11-17-14-4-5-14/h3,9-10,14,17,19H,1,4-8,11H2,2H3. The lowest BCUT2D eigenvalue weighted by molar-refractivity contribution is 0.303. The molecular weight excluding hydrogens is 238 g/mol. The van der Waals surface area contributed by atoms with Crippen LogP contribution in [0.1, 0.15) is 24.1 Å². The van der Waals surface area contributed by atoms with Gasteiger partial charge < -0.3 is 15.3 Å². The van der Waals surface area contributed by atoms with Gasteiger partial charge in [-0.15, -0.1) is 6.58 Å². The Morgan fingerprint density at radius 2 is 2.37 bits per heavy atom. The number of rotatable bonds is 8. The van der Waals surface area contributed by atoms with Gasteiger partial charge in [-0.3, -0.25) is 4.98 Å². The number of hydrogen-bond donors (Lipinski definition) is 2. The van der Waals surface area contributed by atoms with E-state index in [9.17, 15) is 5.11 Å². The Morgan fingerprint density at radius 3 is 3.00 bits per heavy atom. The van der Waals surface area contributed by atoms with Crippen molar-refractivity contribution in [1.82, 2.24) is 10.3 Å². The molecule has 1 aliphatic rings. The maximum absolute atomic E-state index is 9.21. The number of aliphatic hydroxyl groups excluding tert-OH is 1. The highest BCUT2D eigenvalue weighted by Gasteiger charge is 2.21. The van der Waals surface area contributed by atoms with Gasteiger partial charge in [0.15, 0.2) is 0 Å². The van der Waals surface area contributed by atoms with Crippen molar-refractivity contribution in [2.24, 2.45) is 0 Å². The lowest BCUT2D eigenvalue weighted by Gasteiger charge is -2.25. The van der Waals surface area contributed by atoms with Crippen LogP contribution in [-0.2, 0) is 6.54 Å². The van der Waals surface area contributed by atoms with Gasteiger partial charge in [-0.1, -0.05) is 6.08 Å². The summed E-state index contributed by atoms with van der Waals surface area (Å²) in [4.78, 5) is 6.53. The molecule has 0 radical (unpaired) electrons. The predicted molar refractivity (Wildman–Crippen MR) is 78.3 cm³/mol. The van der Waals surface area contributed by atoms with E-state index in [2.05, 4.69) is 27.8 Å². The van der Waals surface area contributed by atoms with Gasteiger partial charge in [-0.2, -0.15) is 0 Å². The molecule has 4 nitrogen and oxygen atoms in total. The Bertz CT molecular complexity index is 429. The zero-order chi connectivity index (χ0) is 13.7. The van der Waals surface area contributed by atoms with Crippen LogP contribution in [-0.4, -0.2) is 35.8 Å². The summed E-state index contributed by atoms with van der Waals surface area (Å²) in [6.07, 6.45) is 6.36. The van der Waals surface area contributed by atoms with Crippen molar-refractivity contribution in [2.45, 2.75) is 32.4 Å². The summed E-state index contributed by atoms with van der Waals surface area (Å²) in [5.74, 6) is 0. The van der Waals surface area contributed by atoms with Crippen LogP contribution >= 0.6 is 0 Å². The summed E-state index contributed by atoms with van der Waals surface area (Å²) in [5, 5.41) is 12.7.